The summed E-state index contributed by atoms with van der Waals surface area (Å²) in [5.41, 5.74) is 0.359. The normalized spacial score (nSPS) is 21.2. The van der Waals surface area contributed by atoms with Crippen molar-refractivity contribution in [2.24, 2.45) is 10.8 Å². The molecule has 1 aromatic carbocycles. The van der Waals surface area contributed by atoms with Crippen LogP contribution in [0.25, 0.3) is 0 Å². The number of carbonyl (C=O) groups is 2. The molecule has 0 radical (unpaired) electrons. The summed E-state index contributed by atoms with van der Waals surface area (Å²) >= 11 is 0. The lowest BCUT2D eigenvalue weighted by Gasteiger charge is -2.43. The van der Waals surface area contributed by atoms with Crippen molar-refractivity contribution in [1.29, 1.82) is 0 Å². The van der Waals surface area contributed by atoms with E-state index in [9.17, 15) is 9.59 Å². The molecule has 1 aliphatic rings. The summed E-state index contributed by atoms with van der Waals surface area (Å²) in [6, 6.07) is 3.96. The second kappa shape index (κ2) is 10.1. The van der Waals surface area contributed by atoms with Gasteiger partial charge in [0.05, 0.1) is 5.57 Å². The molecule has 0 bridgehead atoms. The molecule has 2 atom stereocenters. The molecule has 0 amide bonds. The number of hydrogen-bond acceptors (Lipinski definition) is 5. The van der Waals surface area contributed by atoms with Gasteiger partial charge in [-0.05, 0) is 101 Å². The van der Waals surface area contributed by atoms with Gasteiger partial charge in [0.25, 0.3) is 0 Å². The molecule has 0 aromatic heterocycles. The molecule has 1 aliphatic heterocycles. The topological polar surface area (TPSA) is 69.7 Å². The zero-order valence-corrected chi connectivity index (χ0v) is 27.2. The molecule has 0 saturated heterocycles. The highest BCUT2D eigenvalue weighted by Gasteiger charge is 2.54. The van der Waals surface area contributed by atoms with E-state index in [-0.39, 0.29) is 5.57 Å². The Morgan fingerprint density at radius 1 is 0.737 bits per heavy atom. The predicted molar refractivity (Wildman–Crippen MR) is 157 cm³/mol. The van der Waals surface area contributed by atoms with Crippen molar-refractivity contribution in [2.75, 3.05) is 0 Å². The van der Waals surface area contributed by atoms with Crippen molar-refractivity contribution in [3.05, 3.63) is 51.4 Å². The number of carbonyl (C=O) groups excluding carboxylic acids is 2. The number of ether oxygens (including phenoxy) is 2. The fourth-order valence-corrected chi connectivity index (χ4v) is 8.93. The highest BCUT2D eigenvalue weighted by molar-refractivity contribution is 7.76. The van der Waals surface area contributed by atoms with E-state index in [4.69, 9.17) is 9.47 Å². The van der Waals surface area contributed by atoms with Crippen molar-refractivity contribution in [1.82, 2.24) is 0 Å². The van der Waals surface area contributed by atoms with Crippen LogP contribution in [0.3, 0.4) is 0 Å². The molecular formula is C32H49O5P. The van der Waals surface area contributed by atoms with Gasteiger partial charge in [0.1, 0.15) is 16.9 Å². The van der Waals surface area contributed by atoms with E-state index in [0.717, 1.165) is 22.3 Å². The van der Waals surface area contributed by atoms with Gasteiger partial charge in [0.2, 0.25) is 0 Å². The van der Waals surface area contributed by atoms with E-state index in [1.165, 1.54) is 0 Å². The van der Waals surface area contributed by atoms with Crippen LogP contribution in [0, 0.1) is 31.6 Å². The minimum atomic E-state index is -3.74. The SMILES string of the molecule is Cc1cc(C)c(P2(=O)C=C(C(C)(C)C)C(C(C)(C)C)=C(C(=O)OC(C)(C)C)[C@H]2C(=O)OC(C)(C)C)c(C)c1. The lowest BCUT2D eigenvalue weighted by Crippen LogP contribution is -2.43. The van der Waals surface area contributed by atoms with Gasteiger partial charge in [0.15, 0.2) is 7.14 Å². The molecule has 0 N–H and O–H groups in total. The number of aryl methyl sites for hydroxylation is 3. The third-order valence-corrected chi connectivity index (χ3v) is 9.59. The Hall–Kier alpha value is -2.13. The number of allylic oxidation sites excluding steroid dienone is 2. The summed E-state index contributed by atoms with van der Waals surface area (Å²) in [4.78, 5) is 28.3. The smallest absolute Gasteiger partial charge is 0.336 e. The van der Waals surface area contributed by atoms with E-state index in [2.05, 4.69) is 0 Å². The lowest BCUT2D eigenvalue weighted by molar-refractivity contribution is -0.157. The molecular weight excluding hydrogens is 495 g/mol. The first-order chi connectivity index (χ1) is 16.8. The first-order valence-corrected chi connectivity index (χ1v) is 15.3. The Balaban J connectivity index is 3.20. The van der Waals surface area contributed by atoms with Gasteiger partial charge in [0, 0.05) is 5.30 Å². The van der Waals surface area contributed by atoms with Crippen LogP contribution in [0.4, 0.5) is 0 Å². The molecule has 1 aromatic rings. The monoisotopic (exact) mass is 544 g/mol. The van der Waals surface area contributed by atoms with Gasteiger partial charge in [-0.25, -0.2) is 4.79 Å². The van der Waals surface area contributed by atoms with Crippen LogP contribution in [0.2, 0.25) is 0 Å². The summed E-state index contributed by atoms with van der Waals surface area (Å²) in [6.07, 6.45) is 0. The van der Waals surface area contributed by atoms with Crippen LogP contribution >= 0.6 is 7.14 Å². The fraction of sp³-hybridized carbons (Fsp3) is 0.625. The van der Waals surface area contributed by atoms with Gasteiger partial charge in [-0.2, -0.15) is 0 Å². The standard InChI is InChI=1S/C32H49O5P/c1-19-16-20(2)25(21(3)17-19)38(35)18-22(29(4,5)6)24(30(7,8)9)23(27(33)36-31(10,11)12)26(38)28(34)37-32(13,14)15/h16-18,26H,1-15H3/t26-,38?/m0/s1. The molecule has 0 aliphatic carbocycles. The Bertz CT molecular complexity index is 1210. The summed E-state index contributed by atoms with van der Waals surface area (Å²) in [5, 5.41) is 0.606. The number of hydrogen-bond donors (Lipinski definition) is 0. The van der Waals surface area contributed by atoms with Gasteiger partial charge < -0.3 is 14.0 Å². The molecule has 6 heteroatoms. The summed E-state index contributed by atoms with van der Waals surface area (Å²) in [5.74, 6) is 0.503. The largest absolute Gasteiger partial charge is 0.459 e. The maximum Gasteiger partial charge on any atom is 0.336 e. The Labute approximate surface area is 230 Å². The summed E-state index contributed by atoms with van der Waals surface area (Å²) in [6.45, 7) is 28.7. The third-order valence-electron chi connectivity index (χ3n) is 6.31. The van der Waals surface area contributed by atoms with Gasteiger partial charge in [-0.15, -0.1) is 0 Å². The minimum absolute atomic E-state index is 0.150. The average molecular weight is 545 g/mol. The van der Waals surface area contributed by atoms with Crippen molar-refractivity contribution in [2.45, 2.75) is 121 Å². The van der Waals surface area contributed by atoms with E-state index in [1.54, 1.807) is 47.4 Å². The van der Waals surface area contributed by atoms with Crippen LogP contribution < -0.4 is 5.30 Å². The molecule has 212 valence electrons. The van der Waals surface area contributed by atoms with Crippen molar-refractivity contribution in [3.8, 4) is 0 Å². The van der Waals surface area contributed by atoms with Crippen LogP contribution in [0.1, 0.15) is 99.8 Å². The second-order valence-corrected chi connectivity index (χ2v) is 17.4. The van der Waals surface area contributed by atoms with Gasteiger partial charge in [-0.3, -0.25) is 4.79 Å². The zero-order chi connectivity index (χ0) is 29.8. The quantitative estimate of drug-likeness (QED) is 0.285. The maximum absolute atomic E-state index is 15.6. The van der Waals surface area contributed by atoms with E-state index < -0.39 is 46.8 Å². The fourth-order valence-electron chi connectivity index (χ4n) is 5.28. The Morgan fingerprint density at radius 2 is 1.18 bits per heavy atom. The van der Waals surface area contributed by atoms with Gasteiger partial charge in [-0.1, -0.05) is 59.2 Å². The first kappa shape index (κ1) is 32.1. The average Bonchev–Trinajstić information content (AvgIpc) is 2.61. The van der Waals surface area contributed by atoms with Gasteiger partial charge >= 0.3 is 11.9 Å². The van der Waals surface area contributed by atoms with E-state index >= 15 is 4.57 Å². The molecule has 0 spiro atoms. The van der Waals surface area contributed by atoms with Crippen LogP contribution in [-0.2, 0) is 23.6 Å². The molecule has 38 heavy (non-hydrogen) atoms. The Morgan fingerprint density at radius 3 is 1.55 bits per heavy atom. The second-order valence-electron chi connectivity index (χ2n) is 14.7. The molecule has 2 rings (SSSR count). The molecule has 1 heterocycles. The van der Waals surface area contributed by atoms with Crippen molar-refractivity contribution in [3.63, 3.8) is 0 Å². The van der Waals surface area contributed by atoms with E-state index in [1.807, 2.05) is 74.4 Å². The highest BCUT2D eigenvalue weighted by Crippen LogP contribution is 2.64. The third kappa shape index (κ3) is 6.89. The number of benzene rings is 1. The minimum Gasteiger partial charge on any atom is -0.459 e. The van der Waals surface area contributed by atoms with E-state index in [0.29, 0.717) is 10.9 Å². The molecule has 5 nitrogen and oxygen atoms in total. The Kier molecular flexibility index (Phi) is 8.54. The first-order valence-electron chi connectivity index (χ1n) is 13.4. The van der Waals surface area contributed by atoms with Crippen LogP contribution in [0.15, 0.2) is 34.7 Å². The highest BCUT2D eigenvalue weighted by atomic mass is 31.2. The van der Waals surface area contributed by atoms with Crippen molar-refractivity contribution >= 4 is 24.4 Å². The molecule has 0 fully saturated rings. The number of rotatable bonds is 3. The van der Waals surface area contributed by atoms with Crippen molar-refractivity contribution < 1.29 is 23.6 Å². The maximum atomic E-state index is 15.6. The zero-order valence-electron chi connectivity index (χ0n) is 26.3. The summed E-state index contributed by atoms with van der Waals surface area (Å²) < 4.78 is 27.5. The van der Waals surface area contributed by atoms with Crippen LogP contribution in [-0.4, -0.2) is 28.8 Å². The lowest BCUT2D eigenvalue weighted by atomic mass is 9.70. The summed E-state index contributed by atoms with van der Waals surface area (Å²) in [7, 11) is -3.74. The van der Waals surface area contributed by atoms with Crippen LogP contribution in [0.5, 0.6) is 0 Å². The molecule has 1 unspecified atom stereocenters. The predicted octanol–water partition coefficient (Wildman–Crippen LogP) is 7.94. The molecule has 0 saturated carbocycles. The number of esters is 2.